The lowest BCUT2D eigenvalue weighted by Crippen LogP contribution is -2.19. The smallest absolute Gasteiger partial charge is 0.349 e. The van der Waals surface area contributed by atoms with E-state index in [0.29, 0.717) is 0 Å². The average Bonchev–Trinajstić information content (AvgIpc) is 2.39. The number of esters is 1. The van der Waals surface area contributed by atoms with Crippen molar-refractivity contribution in [3.63, 3.8) is 0 Å². The zero-order chi connectivity index (χ0) is 15.9. The van der Waals surface area contributed by atoms with Crippen molar-refractivity contribution in [3.05, 3.63) is 35.6 Å². The first-order chi connectivity index (χ1) is 9.98. The van der Waals surface area contributed by atoms with Crippen molar-refractivity contribution in [3.8, 4) is 0 Å². The van der Waals surface area contributed by atoms with Gasteiger partial charge in [-0.25, -0.2) is 4.39 Å². The van der Waals surface area contributed by atoms with Crippen LogP contribution in [0.1, 0.15) is 32.0 Å². The molecule has 1 aromatic carbocycles. The lowest BCUT2D eigenvalue weighted by Gasteiger charge is -2.25. The number of halogens is 1. The molecule has 0 saturated carbocycles. The number of ether oxygens (including phenoxy) is 1. The minimum atomic E-state index is -3.80. The summed E-state index contributed by atoms with van der Waals surface area (Å²) in [4.78, 5) is 12.2. The highest BCUT2D eigenvalue weighted by atomic mass is 31.2. The summed E-state index contributed by atoms with van der Waals surface area (Å²) in [5.74, 6) is -1.30. The van der Waals surface area contributed by atoms with Gasteiger partial charge in [-0.05, 0) is 38.5 Å². The number of benzene rings is 1. The van der Waals surface area contributed by atoms with Gasteiger partial charge in [-0.1, -0.05) is 12.1 Å². The van der Waals surface area contributed by atoms with Crippen LogP contribution >= 0.6 is 7.60 Å². The fourth-order valence-corrected chi connectivity index (χ4v) is 3.84. The fourth-order valence-electron chi connectivity index (χ4n) is 1.89. The highest BCUT2D eigenvalue weighted by Gasteiger charge is 2.43. The second-order valence-electron chi connectivity index (χ2n) is 4.08. The van der Waals surface area contributed by atoms with Crippen LogP contribution in [0.4, 0.5) is 4.39 Å². The lowest BCUT2D eigenvalue weighted by atomic mass is 10.1. The van der Waals surface area contributed by atoms with Gasteiger partial charge in [-0.15, -0.1) is 0 Å². The molecule has 0 aliphatic carbocycles. The van der Waals surface area contributed by atoms with Gasteiger partial charge >= 0.3 is 13.6 Å². The topological polar surface area (TPSA) is 61.8 Å². The predicted octanol–water partition coefficient (Wildman–Crippen LogP) is 3.70. The summed E-state index contributed by atoms with van der Waals surface area (Å²) in [7, 11) is -3.80. The van der Waals surface area contributed by atoms with Gasteiger partial charge in [0.25, 0.3) is 0 Å². The SMILES string of the molecule is CCOC(=O)[C@H](c1cccc(F)c1)P(=O)(OCC)OCC. The zero-order valence-corrected chi connectivity index (χ0v) is 13.3. The van der Waals surface area contributed by atoms with Crippen LogP contribution in [0, 0.1) is 5.82 Å². The Balaban J connectivity index is 3.29. The molecule has 0 spiro atoms. The number of hydrogen-bond acceptors (Lipinski definition) is 5. The molecule has 0 bridgehead atoms. The van der Waals surface area contributed by atoms with E-state index in [0.717, 1.165) is 6.07 Å². The molecule has 21 heavy (non-hydrogen) atoms. The molecule has 0 fully saturated rings. The Morgan fingerprint density at radius 1 is 1.19 bits per heavy atom. The van der Waals surface area contributed by atoms with Crippen LogP contribution < -0.4 is 0 Å². The van der Waals surface area contributed by atoms with Crippen molar-refractivity contribution >= 4 is 13.6 Å². The van der Waals surface area contributed by atoms with Crippen molar-refractivity contribution in [2.45, 2.75) is 26.4 Å². The third-order valence-electron chi connectivity index (χ3n) is 2.61. The summed E-state index contributed by atoms with van der Waals surface area (Å²) in [5.41, 5.74) is -1.09. The molecule has 0 radical (unpaired) electrons. The van der Waals surface area contributed by atoms with Crippen LogP contribution in [0.15, 0.2) is 24.3 Å². The first-order valence-corrected chi connectivity index (χ1v) is 8.40. The third kappa shape index (κ3) is 4.63. The summed E-state index contributed by atoms with van der Waals surface area (Å²) in [6.45, 7) is 5.22. The molecular formula is C14H20FO5P. The molecule has 0 heterocycles. The molecule has 118 valence electrons. The second kappa shape index (κ2) is 8.27. The van der Waals surface area contributed by atoms with Crippen LogP contribution in [0.5, 0.6) is 0 Å². The molecule has 1 aromatic rings. The molecule has 1 rings (SSSR count). The van der Waals surface area contributed by atoms with E-state index in [9.17, 15) is 13.8 Å². The Morgan fingerprint density at radius 3 is 2.29 bits per heavy atom. The van der Waals surface area contributed by atoms with E-state index in [1.807, 2.05) is 0 Å². The highest BCUT2D eigenvalue weighted by molar-refractivity contribution is 7.55. The van der Waals surface area contributed by atoms with E-state index in [1.54, 1.807) is 20.8 Å². The van der Waals surface area contributed by atoms with Gasteiger partial charge in [0.1, 0.15) is 5.82 Å². The fraction of sp³-hybridized carbons (Fsp3) is 0.500. The van der Waals surface area contributed by atoms with Gasteiger partial charge < -0.3 is 13.8 Å². The monoisotopic (exact) mass is 318 g/mol. The molecule has 0 aliphatic heterocycles. The second-order valence-corrected chi connectivity index (χ2v) is 6.20. The van der Waals surface area contributed by atoms with Crippen LogP contribution in [0.2, 0.25) is 0 Å². The van der Waals surface area contributed by atoms with E-state index < -0.39 is 25.0 Å². The van der Waals surface area contributed by atoms with Gasteiger partial charge in [0.05, 0.1) is 19.8 Å². The van der Waals surface area contributed by atoms with Crippen molar-refractivity contribution < 1.29 is 27.5 Å². The largest absolute Gasteiger partial charge is 0.465 e. The summed E-state index contributed by atoms with van der Waals surface area (Å²) in [6.07, 6.45) is 0. The van der Waals surface area contributed by atoms with Gasteiger partial charge in [-0.2, -0.15) is 0 Å². The molecule has 1 atom stereocenters. The minimum Gasteiger partial charge on any atom is -0.465 e. The number of carbonyl (C=O) groups excluding carboxylic acids is 1. The normalized spacial score (nSPS) is 13.0. The molecule has 0 unspecified atom stereocenters. The lowest BCUT2D eigenvalue weighted by molar-refractivity contribution is -0.143. The van der Waals surface area contributed by atoms with E-state index >= 15 is 0 Å². The van der Waals surface area contributed by atoms with E-state index in [2.05, 4.69) is 0 Å². The van der Waals surface area contributed by atoms with Crippen LogP contribution in [-0.4, -0.2) is 25.8 Å². The Bertz CT molecular complexity index is 510. The Hall–Kier alpha value is -1.23. The van der Waals surface area contributed by atoms with E-state index in [-0.39, 0.29) is 25.4 Å². The Labute approximate surface area is 123 Å². The molecular weight excluding hydrogens is 298 g/mol. The van der Waals surface area contributed by atoms with Crippen molar-refractivity contribution in [1.82, 2.24) is 0 Å². The number of carbonyl (C=O) groups is 1. The van der Waals surface area contributed by atoms with Crippen molar-refractivity contribution in [2.75, 3.05) is 19.8 Å². The molecule has 0 amide bonds. The number of rotatable bonds is 8. The minimum absolute atomic E-state index is 0.0997. The Morgan fingerprint density at radius 2 is 1.81 bits per heavy atom. The number of hydrogen-bond donors (Lipinski definition) is 0. The summed E-state index contributed by atoms with van der Waals surface area (Å²) in [6, 6.07) is 5.29. The van der Waals surface area contributed by atoms with Crippen LogP contribution in [0.25, 0.3) is 0 Å². The molecule has 0 aromatic heterocycles. The van der Waals surface area contributed by atoms with E-state index in [4.69, 9.17) is 13.8 Å². The maximum atomic E-state index is 13.4. The maximum absolute atomic E-state index is 13.4. The molecule has 5 nitrogen and oxygen atoms in total. The first-order valence-electron chi connectivity index (χ1n) is 6.79. The van der Waals surface area contributed by atoms with Gasteiger partial charge in [0.2, 0.25) is 0 Å². The highest BCUT2D eigenvalue weighted by Crippen LogP contribution is 2.61. The zero-order valence-electron chi connectivity index (χ0n) is 12.4. The van der Waals surface area contributed by atoms with Crippen LogP contribution in [-0.2, 0) is 23.1 Å². The average molecular weight is 318 g/mol. The summed E-state index contributed by atoms with van der Waals surface area (Å²) in [5, 5.41) is 0. The molecule has 0 aliphatic rings. The van der Waals surface area contributed by atoms with E-state index in [1.165, 1.54) is 18.2 Å². The molecule has 0 N–H and O–H groups in total. The predicted molar refractivity (Wildman–Crippen MR) is 76.6 cm³/mol. The maximum Gasteiger partial charge on any atom is 0.349 e. The van der Waals surface area contributed by atoms with Crippen molar-refractivity contribution in [2.24, 2.45) is 0 Å². The molecule has 7 heteroatoms. The summed E-state index contributed by atoms with van der Waals surface area (Å²) < 4.78 is 41.6. The van der Waals surface area contributed by atoms with Gasteiger partial charge in [-0.3, -0.25) is 9.36 Å². The quantitative estimate of drug-likeness (QED) is 0.540. The van der Waals surface area contributed by atoms with Gasteiger partial charge in [0, 0.05) is 0 Å². The van der Waals surface area contributed by atoms with Crippen LogP contribution in [0.3, 0.4) is 0 Å². The molecule has 0 saturated heterocycles. The third-order valence-corrected chi connectivity index (χ3v) is 4.99. The van der Waals surface area contributed by atoms with Gasteiger partial charge in [0.15, 0.2) is 5.66 Å². The first kappa shape index (κ1) is 17.8. The van der Waals surface area contributed by atoms with Crippen molar-refractivity contribution in [1.29, 1.82) is 0 Å². The standard InChI is InChI=1S/C14H20FO5P/c1-4-18-14(16)13(11-8-7-9-12(15)10-11)21(17,19-5-2)20-6-3/h7-10,13H,4-6H2,1-3H3/t13-/m0/s1. The summed E-state index contributed by atoms with van der Waals surface area (Å²) >= 11 is 0. The Kier molecular flexibility index (Phi) is 7.02.